The van der Waals surface area contributed by atoms with Crippen LogP contribution >= 0.6 is 0 Å². The Morgan fingerprint density at radius 3 is 2.40 bits per heavy atom. The molecule has 0 aromatic carbocycles. The van der Waals surface area contributed by atoms with Crippen molar-refractivity contribution < 1.29 is 4.79 Å². The van der Waals surface area contributed by atoms with Crippen LogP contribution in [0.5, 0.6) is 0 Å². The predicted molar refractivity (Wildman–Crippen MR) is 64.8 cm³/mol. The van der Waals surface area contributed by atoms with Crippen LogP contribution in [0.3, 0.4) is 0 Å². The molecule has 0 spiro atoms. The minimum Gasteiger partial charge on any atom is -0.345 e. The van der Waals surface area contributed by atoms with Crippen molar-refractivity contribution in [2.24, 2.45) is 5.92 Å². The second-order valence-electron chi connectivity index (χ2n) is 4.69. The number of nitrogens with one attached hydrogen (secondary N) is 1. The van der Waals surface area contributed by atoms with Crippen molar-refractivity contribution in [3.63, 3.8) is 0 Å². The van der Waals surface area contributed by atoms with Gasteiger partial charge in [-0.2, -0.15) is 0 Å². The second-order valence-corrected chi connectivity index (χ2v) is 4.69. The third-order valence-corrected chi connectivity index (χ3v) is 2.68. The van der Waals surface area contributed by atoms with E-state index in [1.807, 2.05) is 11.9 Å². The molecule has 0 saturated heterocycles. The fraction of sp³-hybridized carbons (Fsp3) is 0.917. The van der Waals surface area contributed by atoms with E-state index in [4.69, 9.17) is 0 Å². The number of hydrogen-bond donors (Lipinski definition) is 1. The van der Waals surface area contributed by atoms with Gasteiger partial charge >= 0.3 is 0 Å². The first-order valence-electron chi connectivity index (χ1n) is 5.94. The van der Waals surface area contributed by atoms with E-state index in [0.717, 1.165) is 19.4 Å². The van der Waals surface area contributed by atoms with E-state index in [0.29, 0.717) is 18.5 Å². The predicted octanol–water partition coefficient (Wildman–Crippen LogP) is 1.88. The van der Waals surface area contributed by atoms with Gasteiger partial charge in [-0.1, -0.05) is 20.8 Å². The molecule has 1 unspecified atom stereocenters. The van der Waals surface area contributed by atoms with Gasteiger partial charge in [-0.3, -0.25) is 4.79 Å². The summed E-state index contributed by atoms with van der Waals surface area (Å²) in [6.45, 7) is 9.89. The third kappa shape index (κ3) is 7.37. The molecule has 0 saturated carbocycles. The van der Waals surface area contributed by atoms with Gasteiger partial charge in [-0.15, -0.1) is 0 Å². The highest BCUT2D eigenvalue weighted by Crippen LogP contribution is 2.00. The minimum absolute atomic E-state index is 0.191. The molecule has 1 amide bonds. The van der Waals surface area contributed by atoms with E-state index in [1.54, 1.807) is 0 Å². The highest BCUT2D eigenvalue weighted by atomic mass is 16.2. The lowest BCUT2D eigenvalue weighted by atomic mass is 10.1. The Morgan fingerprint density at radius 1 is 1.33 bits per heavy atom. The summed E-state index contributed by atoms with van der Waals surface area (Å²) in [5, 5.41) is 3.21. The molecule has 0 fully saturated rings. The Labute approximate surface area is 94.2 Å². The zero-order chi connectivity index (χ0) is 11.8. The summed E-state index contributed by atoms with van der Waals surface area (Å²) in [4.78, 5) is 13.5. The molecule has 0 aromatic heterocycles. The van der Waals surface area contributed by atoms with E-state index in [-0.39, 0.29) is 5.91 Å². The largest absolute Gasteiger partial charge is 0.345 e. The Hall–Kier alpha value is -0.570. The van der Waals surface area contributed by atoms with Crippen molar-refractivity contribution in [3.05, 3.63) is 0 Å². The van der Waals surface area contributed by atoms with E-state index in [2.05, 4.69) is 33.0 Å². The normalized spacial score (nSPS) is 12.9. The van der Waals surface area contributed by atoms with Crippen molar-refractivity contribution in [1.29, 1.82) is 0 Å². The average molecular weight is 214 g/mol. The summed E-state index contributed by atoms with van der Waals surface area (Å²) < 4.78 is 0. The number of nitrogens with zero attached hydrogens (tertiary/aromatic N) is 1. The summed E-state index contributed by atoms with van der Waals surface area (Å²) in [5.74, 6) is 0.846. The lowest BCUT2D eigenvalue weighted by Crippen LogP contribution is -2.39. The highest BCUT2D eigenvalue weighted by Gasteiger charge is 2.09. The Balaban J connectivity index is 3.69. The molecule has 90 valence electrons. The maximum atomic E-state index is 11.6. The van der Waals surface area contributed by atoms with Crippen LogP contribution in [-0.4, -0.2) is 37.0 Å². The molecule has 3 heteroatoms. The van der Waals surface area contributed by atoms with Gasteiger partial charge in [0.05, 0.1) is 6.54 Å². The Morgan fingerprint density at radius 2 is 1.93 bits per heavy atom. The quantitative estimate of drug-likeness (QED) is 0.702. The number of amides is 1. The lowest BCUT2D eigenvalue weighted by molar-refractivity contribution is -0.129. The van der Waals surface area contributed by atoms with Crippen LogP contribution in [0, 0.1) is 5.92 Å². The fourth-order valence-electron chi connectivity index (χ4n) is 1.12. The van der Waals surface area contributed by atoms with E-state index < -0.39 is 0 Å². The van der Waals surface area contributed by atoms with E-state index in [9.17, 15) is 4.79 Å². The monoisotopic (exact) mass is 214 g/mol. The maximum absolute atomic E-state index is 11.6. The van der Waals surface area contributed by atoms with Crippen molar-refractivity contribution in [2.75, 3.05) is 20.1 Å². The summed E-state index contributed by atoms with van der Waals surface area (Å²) in [7, 11) is 1.88. The Kier molecular flexibility index (Phi) is 7.39. The highest BCUT2D eigenvalue weighted by molar-refractivity contribution is 5.77. The third-order valence-electron chi connectivity index (χ3n) is 2.68. The van der Waals surface area contributed by atoms with Gasteiger partial charge < -0.3 is 10.2 Å². The van der Waals surface area contributed by atoms with Gasteiger partial charge in [-0.05, 0) is 25.7 Å². The maximum Gasteiger partial charge on any atom is 0.236 e. The van der Waals surface area contributed by atoms with Crippen LogP contribution in [0.25, 0.3) is 0 Å². The molecule has 0 aliphatic rings. The molecule has 0 aliphatic heterocycles. The van der Waals surface area contributed by atoms with E-state index in [1.165, 1.54) is 0 Å². The Bertz CT molecular complexity index is 180. The fourth-order valence-corrected chi connectivity index (χ4v) is 1.12. The molecule has 0 heterocycles. The molecule has 15 heavy (non-hydrogen) atoms. The second kappa shape index (κ2) is 7.69. The summed E-state index contributed by atoms with van der Waals surface area (Å²) in [6.07, 6.45) is 2.13. The zero-order valence-corrected chi connectivity index (χ0v) is 10.8. The first-order chi connectivity index (χ1) is 6.97. The SMILES string of the molecule is CCC(C)NCC(=O)N(C)CCC(C)C. The average Bonchev–Trinajstić information content (AvgIpc) is 2.21. The van der Waals surface area contributed by atoms with Crippen molar-refractivity contribution >= 4 is 5.91 Å². The van der Waals surface area contributed by atoms with Gasteiger partial charge in [0.1, 0.15) is 0 Å². The van der Waals surface area contributed by atoms with Gasteiger partial charge in [0.25, 0.3) is 0 Å². The number of hydrogen-bond acceptors (Lipinski definition) is 2. The van der Waals surface area contributed by atoms with Crippen LogP contribution in [0.4, 0.5) is 0 Å². The first kappa shape index (κ1) is 14.4. The topological polar surface area (TPSA) is 32.3 Å². The number of likely N-dealkylation sites (N-methyl/N-ethyl adjacent to an activating group) is 1. The summed E-state index contributed by atoms with van der Waals surface area (Å²) in [6, 6.07) is 0.424. The smallest absolute Gasteiger partial charge is 0.236 e. The van der Waals surface area contributed by atoms with Gasteiger partial charge in [-0.25, -0.2) is 0 Å². The zero-order valence-electron chi connectivity index (χ0n) is 10.8. The molecule has 3 nitrogen and oxygen atoms in total. The standard InChI is InChI=1S/C12H26N2O/c1-6-11(4)13-9-12(15)14(5)8-7-10(2)3/h10-11,13H,6-9H2,1-5H3. The molecule has 1 N–H and O–H groups in total. The van der Waals surface area contributed by atoms with Crippen molar-refractivity contribution in [1.82, 2.24) is 10.2 Å². The molecule has 0 bridgehead atoms. The van der Waals surface area contributed by atoms with Crippen LogP contribution in [-0.2, 0) is 4.79 Å². The lowest BCUT2D eigenvalue weighted by Gasteiger charge is -2.19. The van der Waals surface area contributed by atoms with Crippen molar-refractivity contribution in [2.45, 2.75) is 46.6 Å². The molecule has 0 radical (unpaired) electrons. The summed E-state index contributed by atoms with van der Waals surface area (Å²) >= 11 is 0. The van der Waals surface area contributed by atoms with Gasteiger partial charge in [0, 0.05) is 19.6 Å². The van der Waals surface area contributed by atoms with Crippen LogP contribution in [0.1, 0.15) is 40.5 Å². The number of rotatable bonds is 7. The molecule has 1 atom stereocenters. The first-order valence-corrected chi connectivity index (χ1v) is 5.94. The summed E-state index contributed by atoms with van der Waals surface area (Å²) in [5.41, 5.74) is 0. The van der Waals surface area contributed by atoms with Gasteiger partial charge in [0.2, 0.25) is 5.91 Å². The van der Waals surface area contributed by atoms with E-state index >= 15 is 0 Å². The van der Waals surface area contributed by atoms with Crippen molar-refractivity contribution in [3.8, 4) is 0 Å². The van der Waals surface area contributed by atoms with Gasteiger partial charge in [0.15, 0.2) is 0 Å². The minimum atomic E-state index is 0.191. The number of carbonyl (C=O) groups is 1. The molecule has 0 aromatic rings. The molecular weight excluding hydrogens is 188 g/mol. The molecule has 0 rings (SSSR count). The van der Waals surface area contributed by atoms with Crippen LogP contribution < -0.4 is 5.32 Å². The number of carbonyl (C=O) groups excluding carboxylic acids is 1. The molecule has 0 aliphatic carbocycles. The van der Waals surface area contributed by atoms with Crippen LogP contribution in [0.2, 0.25) is 0 Å². The van der Waals surface area contributed by atoms with Crippen LogP contribution in [0.15, 0.2) is 0 Å². The molecular formula is C12H26N2O.